The van der Waals surface area contributed by atoms with Crippen LogP contribution in [0.3, 0.4) is 0 Å². The molecular formula is C11H14N2O4. The van der Waals surface area contributed by atoms with E-state index in [1.807, 2.05) is 0 Å². The van der Waals surface area contributed by atoms with Gasteiger partial charge >= 0.3 is 5.97 Å². The zero-order valence-corrected chi connectivity index (χ0v) is 9.97. The second-order valence-corrected chi connectivity index (χ2v) is 3.44. The fourth-order valence-electron chi connectivity index (χ4n) is 0.991. The molecule has 1 rings (SSSR count). The number of carbonyl (C=O) groups is 2. The maximum Gasteiger partial charge on any atom is 0.360 e. The zero-order valence-electron chi connectivity index (χ0n) is 9.97. The summed E-state index contributed by atoms with van der Waals surface area (Å²) < 4.78 is 9.48. The Morgan fingerprint density at radius 2 is 2.24 bits per heavy atom. The molecule has 1 aromatic heterocycles. The van der Waals surface area contributed by atoms with E-state index in [1.165, 1.54) is 12.1 Å². The molecule has 0 unspecified atom stereocenters. The van der Waals surface area contributed by atoms with Crippen molar-refractivity contribution in [3.63, 3.8) is 0 Å². The van der Waals surface area contributed by atoms with Crippen LogP contribution in [0.1, 0.15) is 28.0 Å². The van der Waals surface area contributed by atoms with Gasteiger partial charge in [0.15, 0.2) is 5.69 Å². The van der Waals surface area contributed by atoms with E-state index < -0.39 is 5.97 Å². The highest BCUT2D eigenvalue weighted by atomic mass is 16.5. The summed E-state index contributed by atoms with van der Waals surface area (Å²) in [5.74, 6) is -0.959. The summed E-state index contributed by atoms with van der Waals surface area (Å²) in [6.07, 6.45) is 2.91. The second-order valence-electron chi connectivity index (χ2n) is 3.44. The van der Waals surface area contributed by atoms with Crippen LogP contribution in [0.4, 0.5) is 0 Å². The van der Waals surface area contributed by atoms with Crippen LogP contribution in [0.5, 0.6) is 0 Å². The van der Waals surface area contributed by atoms with Crippen LogP contribution in [0.25, 0.3) is 0 Å². The van der Waals surface area contributed by atoms with E-state index in [1.54, 1.807) is 32.1 Å². The van der Waals surface area contributed by atoms with Gasteiger partial charge in [-0.3, -0.25) is 4.79 Å². The third-order valence-electron chi connectivity index (χ3n) is 1.76. The number of esters is 1. The lowest BCUT2D eigenvalue weighted by atomic mass is 10.2. The Labute approximate surface area is 98.8 Å². The number of nitrogens with zero attached hydrogens (tertiary/aromatic N) is 2. The number of hydrogen-bond donors (Lipinski definition) is 0. The Kier molecular flexibility index (Phi) is 4.45. The molecule has 0 saturated carbocycles. The standard InChI is InChI=1S/C11H14N2O4/c1-4-16-11(15)8-7-10(17-12-8)9(14)5-6-13(2)3/h5-7H,4H2,1-3H3/b6-5+. The van der Waals surface area contributed by atoms with Gasteiger partial charge in [-0.1, -0.05) is 5.16 Å². The molecule has 0 atom stereocenters. The predicted octanol–water partition coefficient (Wildman–Crippen LogP) is 1.11. The highest BCUT2D eigenvalue weighted by Gasteiger charge is 2.16. The minimum Gasteiger partial charge on any atom is -0.461 e. The smallest absolute Gasteiger partial charge is 0.360 e. The van der Waals surface area contributed by atoms with E-state index in [9.17, 15) is 9.59 Å². The third-order valence-corrected chi connectivity index (χ3v) is 1.76. The van der Waals surface area contributed by atoms with Crippen molar-refractivity contribution in [1.82, 2.24) is 10.1 Å². The number of allylic oxidation sites excluding steroid dienone is 1. The first kappa shape index (κ1) is 13.0. The summed E-state index contributed by atoms with van der Waals surface area (Å²) in [6, 6.07) is 1.26. The third kappa shape index (κ3) is 3.75. The maximum atomic E-state index is 11.5. The molecule has 0 aliphatic carbocycles. The number of ether oxygens (including phenoxy) is 1. The molecule has 0 fully saturated rings. The van der Waals surface area contributed by atoms with Gasteiger partial charge in [-0.15, -0.1) is 0 Å². The minimum absolute atomic E-state index is 0.00570. The molecule has 92 valence electrons. The number of hydrogen-bond acceptors (Lipinski definition) is 6. The SMILES string of the molecule is CCOC(=O)c1cc(C(=O)/C=C/N(C)C)on1. The molecule has 0 radical (unpaired) electrons. The molecule has 0 aliphatic heterocycles. The Morgan fingerprint density at radius 1 is 1.53 bits per heavy atom. The van der Waals surface area contributed by atoms with E-state index in [-0.39, 0.29) is 23.8 Å². The van der Waals surface area contributed by atoms with Gasteiger partial charge in [-0.25, -0.2) is 4.79 Å². The van der Waals surface area contributed by atoms with Crippen LogP contribution in [0.2, 0.25) is 0 Å². The molecular weight excluding hydrogens is 224 g/mol. The predicted molar refractivity (Wildman–Crippen MR) is 59.6 cm³/mol. The van der Waals surface area contributed by atoms with Gasteiger partial charge in [0.25, 0.3) is 0 Å². The lowest BCUT2D eigenvalue weighted by Gasteiger charge is -2.01. The molecule has 1 aromatic rings. The topological polar surface area (TPSA) is 72.6 Å². The monoisotopic (exact) mass is 238 g/mol. The highest BCUT2D eigenvalue weighted by Crippen LogP contribution is 2.06. The van der Waals surface area contributed by atoms with Gasteiger partial charge in [0, 0.05) is 32.4 Å². The van der Waals surface area contributed by atoms with E-state index in [0.717, 1.165) is 0 Å². The first-order chi connectivity index (χ1) is 8.04. The second kappa shape index (κ2) is 5.83. The number of aromatic nitrogens is 1. The summed E-state index contributed by atoms with van der Waals surface area (Å²) in [5.41, 5.74) is -0.00606. The van der Waals surface area contributed by atoms with Crippen molar-refractivity contribution in [1.29, 1.82) is 0 Å². The van der Waals surface area contributed by atoms with Crippen molar-refractivity contribution in [3.05, 3.63) is 29.8 Å². The van der Waals surface area contributed by atoms with Crippen molar-refractivity contribution in [3.8, 4) is 0 Å². The fourth-order valence-corrected chi connectivity index (χ4v) is 0.991. The molecule has 0 spiro atoms. The molecule has 0 saturated heterocycles. The van der Waals surface area contributed by atoms with Crippen LogP contribution in [-0.4, -0.2) is 42.5 Å². The Hall–Kier alpha value is -2.11. The van der Waals surface area contributed by atoms with E-state index in [4.69, 9.17) is 9.26 Å². The van der Waals surface area contributed by atoms with Gasteiger partial charge in [0.2, 0.25) is 11.5 Å². The average molecular weight is 238 g/mol. The Morgan fingerprint density at radius 3 is 2.82 bits per heavy atom. The molecule has 6 heteroatoms. The van der Waals surface area contributed by atoms with Crippen molar-refractivity contribution in [2.24, 2.45) is 0 Å². The molecule has 1 heterocycles. The molecule has 6 nitrogen and oxygen atoms in total. The van der Waals surface area contributed by atoms with E-state index in [0.29, 0.717) is 0 Å². The Balaban J connectivity index is 2.74. The van der Waals surface area contributed by atoms with Crippen LogP contribution >= 0.6 is 0 Å². The van der Waals surface area contributed by atoms with Gasteiger partial charge in [-0.2, -0.15) is 0 Å². The summed E-state index contributed by atoms with van der Waals surface area (Å²) in [6.45, 7) is 1.93. The number of rotatable bonds is 5. The molecule has 0 amide bonds. The van der Waals surface area contributed by atoms with Crippen LogP contribution in [-0.2, 0) is 4.74 Å². The number of ketones is 1. The van der Waals surface area contributed by atoms with Gasteiger partial charge in [0.1, 0.15) is 0 Å². The van der Waals surface area contributed by atoms with Crippen LogP contribution in [0.15, 0.2) is 22.9 Å². The van der Waals surface area contributed by atoms with Gasteiger partial charge < -0.3 is 14.2 Å². The Bertz CT molecular complexity index is 434. The minimum atomic E-state index is -0.605. The molecule has 0 aliphatic rings. The maximum absolute atomic E-state index is 11.5. The summed E-state index contributed by atoms with van der Waals surface area (Å²) in [7, 11) is 3.57. The summed E-state index contributed by atoms with van der Waals surface area (Å²) in [4.78, 5) is 24.5. The molecule has 0 bridgehead atoms. The largest absolute Gasteiger partial charge is 0.461 e. The van der Waals surface area contributed by atoms with Crippen LogP contribution in [0, 0.1) is 0 Å². The molecule has 0 N–H and O–H groups in total. The summed E-state index contributed by atoms with van der Waals surface area (Å²) >= 11 is 0. The average Bonchev–Trinajstić information content (AvgIpc) is 2.75. The number of carbonyl (C=O) groups excluding carboxylic acids is 2. The lowest BCUT2D eigenvalue weighted by Crippen LogP contribution is -2.04. The highest BCUT2D eigenvalue weighted by molar-refractivity contribution is 6.03. The summed E-state index contributed by atoms with van der Waals surface area (Å²) in [5, 5.41) is 3.47. The molecule has 17 heavy (non-hydrogen) atoms. The van der Waals surface area contributed by atoms with Crippen LogP contribution < -0.4 is 0 Å². The first-order valence-corrected chi connectivity index (χ1v) is 5.07. The lowest BCUT2D eigenvalue weighted by molar-refractivity contribution is 0.0514. The molecule has 0 aromatic carbocycles. The van der Waals surface area contributed by atoms with Crippen molar-refractivity contribution in [2.75, 3.05) is 20.7 Å². The van der Waals surface area contributed by atoms with Gasteiger partial charge in [-0.05, 0) is 6.92 Å². The normalized spacial score (nSPS) is 10.5. The fraction of sp³-hybridized carbons (Fsp3) is 0.364. The van der Waals surface area contributed by atoms with Crippen molar-refractivity contribution < 1.29 is 18.8 Å². The van der Waals surface area contributed by atoms with Crippen molar-refractivity contribution in [2.45, 2.75) is 6.92 Å². The van der Waals surface area contributed by atoms with E-state index in [2.05, 4.69) is 5.16 Å². The first-order valence-electron chi connectivity index (χ1n) is 5.07. The quantitative estimate of drug-likeness (QED) is 0.434. The van der Waals surface area contributed by atoms with Crippen molar-refractivity contribution >= 4 is 11.8 Å². The van der Waals surface area contributed by atoms with E-state index >= 15 is 0 Å². The zero-order chi connectivity index (χ0) is 12.8. The van der Waals surface area contributed by atoms with Gasteiger partial charge in [0.05, 0.1) is 6.61 Å².